The van der Waals surface area contributed by atoms with E-state index in [1.807, 2.05) is 0 Å². The second-order valence-electron chi connectivity index (χ2n) is 2.71. The summed E-state index contributed by atoms with van der Waals surface area (Å²) in [6.45, 7) is 0. The Morgan fingerprint density at radius 2 is 1.56 bits per heavy atom. The lowest BCUT2D eigenvalue weighted by atomic mass is 10.2. The van der Waals surface area contributed by atoms with E-state index in [1.165, 1.54) is 24.3 Å². The van der Waals surface area contributed by atoms with E-state index < -0.39 is 15.1 Å². The van der Waals surface area contributed by atoms with Gasteiger partial charge in [-0.1, -0.05) is 11.5 Å². The van der Waals surface area contributed by atoms with Crippen LogP contribution in [0, 0.1) is 11.5 Å². The molecule has 0 heterocycles. The van der Waals surface area contributed by atoms with E-state index in [9.17, 15) is 8.42 Å². The molecule has 0 spiro atoms. The summed E-state index contributed by atoms with van der Waals surface area (Å²) in [5, 5.41) is 0. The van der Waals surface area contributed by atoms with Gasteiger partial charge in [0.1, 0.15) is 0 Å². The first-order chi connectivity index (χ1) is 7.18. The molecule has 0 saturated carbocycles. The van der Waals surface area contributed by atoms with Gasteiger partial charge in [-0.15, -0.1) is 33.2 Å². The van der Waals surface area contributed by atoms with Gasteiger partial charge in [-0.3, -0.25) is 0 Å². The van der Waals surface area contributed by atoms with Crippen LogP contribution in [0.5, 0.6) is 0 Å². The first kappa shape index (κ1) is 14.2. The van der Waals surface area contributed by atoms with Crippen LogP contribution in [0.2, 0.25) is 0 Å². The summed E-state index contributed by atoms with van der Waals surface area (Å²) in [7, 11) is 1.43. The van der Waals surface area contributed by atoms with Crippen LogP contribution in [0.4, 0.5) is 0 Å². The van der Waals surface area contributed by atoms with Crippen molar-refractivity contribution in [3.8, 4) is 11.5 Å². The third kappa shape index (κ3) is 4.96. The number of hydrogen-bond donors (Lipinski definition) is 0. The van der Waals surface area contributed by atoms with E-state index in [4.69, 9.17) is 43.9 Å². The topological polar surface area (TPSA) is 34.1 Å². The molecular weight excluding hydrogens is 330 g/mol. The highest BCUT2D eigenvalue weighted by molar-refractivity contribution is 8.13. The van der Waals surface area contributed by atoms with Gasteiger partial charge in [0, 0.05) is 16.2 Å². The van der Waals surface area contributed by atoms with Gasteiger partial charge >= 0.3 is 6.00 Å². The summed E-state index contributed by atoms with van der Waals surface area (Å²) in [4.78, 5) is 0.00541. The second kappa shape index (κ2) is 5.17. The zero-order chi connectivity index (χ0) is 12.4. The molecule has 0 atom stereocenters. The van der Waals surface area contributed by atoms with Crippen molar-refractivity contribution in [2.45, 2.75) is 4.90 Å². The molecule has 0 unspecified atom stereocenters. The van der Waals surface area contributed by atoms with Crippen LogP contribution >= 0.6 is 43.9 Å². The fraction of sp³-hybridized carbons (Fsp3) is 0. The Bertz CT molecular complexity index is 536. The van der Waals surface area contributed by atoms with Crippen molar-refractivity contribution in [2.75, 3.05) is 0 Å². The molecule has 1 aromatic carbocycles. The summed E-state index contributed by atoms with van der Waals surface area (Å²) in [6.07, 6.45) is 0. The molecule has 8 heteroatoms. The van der Waals surface area contributed by atoms with Crippen LogP contribution < -0.4 is 0 Å². The van der Waals surface area contributed by atoms with Crippen LogP contribution in [0.3, 0.4) is 0 Å². The van der Waals surface area contributed by atoms with Crippen LogP contribution in [0.1, 0.15) is 5.56 Å². The molecule has 1 rings (SSSR count). The average molecular weight is 334 g/mol. The maximum Gasteiger partial charge on any atom is 0.422 e. The molecule has 1 aromatic rings. The summed E-state index contributed by atoms with van der Waals surface area (Å²) < 4.78 is 21.9. The third-order valence-corrected chi connectivity index (χ3v) is 4.11. The van der Waals surface area contributed by atoms with E-state index >= 15 is 0 Å². The molecule has 0 aliphatic rings. The largest absolute Gasteiger partial charge is 0.422 e. The minimum atomic E-state index is -3.71. The molecule has 2 nitrogen and oxygen atoms in total. The van der Waals surface area contributed by atoms with Crippen molar-refractivity contribution in [1.29, 1.82) is 0 Å². The lowest BCUT2D eigenvalue weighted by Gasteiger charge is -1.96. The van der Waals surface area contributed by atoms with Crippen molar-refractivity contribution in [1.82, 2.24) is 0 Å². The summed E-state index contributed by atoms with van der Waals surface area (Å²) in [6, 6.07) is 2.69. The van der Waals surface area contributed by atoms with Crippen LogP contribution in [-0.4, -0.2) is 14.4 Å². The van der Waals surface area contributed by atoms with Gasteiger partial charge in [0.05, 0.1) is 4.90 Å². The highest BCUT2D eigenvalue weighted by Gasteiger charge is 2.21. The van der Waals surface area contributed by atoms with Gasteiger partial charge in [-0.25, -0.2) is 8.42 Å². The molecule has 0 N–H and O–H groups in total. The SMILES string of the molecule is O=S(=O)(Cl)c1ccc(C#C[Si](Cl)(Cl)Cl)cc1. The fourth-order valence-electron chi connectivity index (χ4n) is 0.844. The van der Waals surface area contributed by atoms with Gasteiger partial charge in [-0.05, 0) is 24.3 Å². The molecule has 0 fully saturated rings. The standard InChI is InChI=1S/C8H4Cl4O2SSi/c9-15(13,14)8-3-1-7(2-4-8)5-6-16(10,11)12/h1-4H. The van der Waals surface area contributed by atoms with Crippen LogP contribution in [0.25, 0.3) is 0 Å². The maximum absolute atomic E-state index is 10.9. The molecule has 0 amide bonds. The molecule has 0 bridgehead atoms. The quantitative estimate of drug-likeness (QED) is 0.342. The van der Waals surface area contributed by atoms with Crippen molar-refractivity contribution < 1.29 is 8.42 Å². The van der Waals surface area contributed by atoms with Gasteiger partial charge in [0.15, 0.2) is 0 Å². The van der Waals surface area contributed by atoms with Gasteiger partial charge < -0.3 is 0 Å². The Labute approximate surface area is 113 Å². The number of rotatable bonds is 1. The molecule has 0 radical (unpaired) electrons. The third-order valence-electron chi connectivity index (χ3n) is 1.48. The van der Waals surface area contributed by atoms with Crippen molar-refractivity contribution in [3.05, 3.63) is 29.8 Å². The van der Waals surface area contributed by atoms with Gasteiger partial charge in [-0.2, -0.15) is 0 Å². The minimum Gasteiger partial charge on any atom is -0.207 e. The summed E-state index contributed by atoms with van der Waals surface area (Å²) >= 11 is 16.7. The Morgan fingerprint density at radius 3 is 1.94 bits per heavy atom. The van der Waals surface area contributed by atoms with Gasteiger partial charge in [0.25, 0.3) is 9.05 Å². The van der Waals surface area contributed by atoms with E-state index in [0.717, 1.165) is 0 Å². The van der Waals surface area contributed by atoms with E-state index in [0.29, 0.717) is 5.56 Å². The molecular formula is C8H4Cl4O2SSi. The Hall–Kier alpha value is 0.107. The molecule has 16 heavy (non-hydrogen) atoms. The van der Waals surface area contributed by atoms with Crippen molar-refractivity contribution in [3.63, 3.8) is 0 Å². The van der Waals surface area contributed by atoms with E-state index in [1.54, 1.807) is 0 Å². The minimum absolute atomic E-state index is 0.00541. The summed E-state index contributed by atoms with van der Waals surface area (Å²) in [5.41, 5.74) is 3.06. The monoisotopic (exact) mass is 332 g/mol. The second-order valence-corrected chi connectivity index (χ2v) is 13.4. The molecule has 0 aromatic heterocycles. The Balaban J connectivity index is 3.00. The number of halogens is 4. The zero-order valence-electron chi connectivity index (χ0n) is 7.55. The first-order valence-electron chi connectivity index (χ1n) is 3.83. The maximum atomic E-state index is 10.9. The fourth-order valence-corrected chi connectivity index (χ4v) is 2.32. The number of benzene rings is 1. The Morgan fingerprint density at radius 1 is 1.06 bits per heavy atom. The van der Waals surface area contributed by atoms with Crippen LogP contribution in [0.15, 0.2) is 29.2 Å². The molecule has 0 aliphatic heterocycles. The molecule has 0 saturated heterocycles. The Kier molecular flexibility index (Phi) is 4.58. The lowest BCUT2D eigenvalue weighted by molar-refractivity contribution is 0.609. The smallest absolute Gasteiger partial charge is 0.207 e. The summed E-state index contributed by atoms with van der Waals surface area (Å²) in [5.74, 6) is 2.64. The average Bonchev–Trinajstić information content (AvgIpc) is 2.13. The van der Waals surface area contributed by atoms with Crippen LogP contribution in [-0.2, 0) is 9.05 Å². The molecule has 86 valence electrons. The lowest BCUT2D eigenvalue weighted by Crippen LogP contribution is -2.04. The van der Waals surface area contributed by atoms with E-state index in [2.05, 4.69) is 11.5 Å². The molecule has 0 aliphatic carbocycles. The predicted molar refractivity (Wildman–Crippen MR) is 69.7 cm³/mol. The number of hydrogen-bond acceptors (Lipinski definition) is 2. The van der Waals surface area contributed by atoms with Crippen molar-refractivity contribution in [2.24, 2.45) is 0 Å². The van der Waals surface area contributed by atoms with E-state index in [-0.39, 0.29) is 4.90 Å². The highest BCUT2D eigenvalue weighted by atomic mass is 35.8. The normalized spacial score (nSPS) is 11.8. The predicted octanol–water partition coefficient (Wildman–Crippen LogP) is 3.16. The highest BCUT2D eigenvalue weighted by Crippen LogP contribution is 2.18. The van der Waals surface area contributed by atoms with Crippen molar-refractivity contribution >= 4 is 59.0 Å². The zero-order valence-corrected chi connectivity index (χ0v) is 12.4. The first-order valence-corrected chi connectivity index (χ1v) is 11.2. The van der Waals surface area contributed by atoms with Gasteiger partial charge in [0.2, 0.25) is 0 Å².